The lowest BCUT2D eigenvalue weighted by atomic mass is 9.85. The Morgan fingerprint density at radius 1 is 0.805 bits per heavy atom. The summed E-state index contributed by atoms with van der Waals surface area (Å²) in [6, 6.07) is 4.50. The van der Waals surface area contributed by atoms with Crippen molar-refractivity contribution in [2.75, 3.05) is 12.3 Å². The van der Waals surface area contributed by atoms with E-state index in [1.807, 2.05) is 6.92 Å². The van der Waals surface area contributed by atoms with Crippen molar-refractivity contribution in [3.8, 4) is 0 Å². The summed E-state index contributed by atoms with van der Waals surface area (Å²) in [6.07, 6.45) is 9.19. The van der Waals surface area contributed by atoms with Crippen molar-refractivity contribution in [1.29, 1.82) is 0 Å². The number of hydrogen-bond acceptors (Lipinski definition) is 19. The second-order valence-corrected chi connectivity index (χ2v) is 20.7. The standard InChI is InChI=1S/C57H83N3O17/c1-35-16-13-11-9-7-5-3-4-6-8-10-12-14-19-44(75-56-53(70)52(60)49(68)34-74-56)31-50-45(55(71)72)24-25-57(73,77-50)33-43(65)29-42(64)28-41(63)27-39(61)17-15-18-40(62)30-51(69)76-54(35)46(59)26-36(2)47(66)32-48(67)37-20-22-38(58)23-21-37/h3-14,16,19-23,35-36,40-47,49-50,52-54,56,62-66,68,70,73H,15,17-18,24-34,58-60H2,1-2H3,(H,71,72)/b4-3-,7-5+,8-6-,11-9+,12-10+,16-13+,19-14+/t35-,36-,40?,41-,42-,43-,44-,45+,46-,47-,49+,50-,52-,53-,54-,56-,57-/m0/s1. The third kappa shape index (κ3) is 23.1. The Kier molecular flexibility index (Phi) is 27.4. The molecule has 428 valence electrons. The molecule has 0 aromatic heterocycles. The lowest BCUT2D eigenvalue weighted by Gasteiger charge is -2.43. The minimum atomic E-state index is -2.04. The Morgan fingerprint density at radius 3 is 2.03 bits per heavy atom. The molecule has 3 heterocycles. The normalized spacial score (nSPS) is 36.6. The molecule has 2 saturated heterocycles. The Balaban J connectivity index is 1.51. The minimum absolute atomic E-state index is 0.0469. The van der Waals surface area contributed by atoms with Gasteiger partial charge in [0, 0.05) is 61.7 Å². The van der Waals surface area contributed by atoms with Crippen LogP contribution in [0, 0.1) is 17.8 Å². The van der Waals surface area contributed by atoms with Crippen molar-refractivity contribution < 1.29 is 84.1 Å². The molecule has 77 heavy (non-hydrogen) atoms. The maximum atomic E-state index is 13.3. The number of carboxylic acids is 1. The number of carbonyl (C=O) groups excluding carboxylic acids is 3. The first kappa shape index (κ1) is 64.5. The van der Waals surface area contributed by atoms with Gasteiger partial charge in [0.2, 0.25) is 0 Å². The molecular formula is C57H83N3O17. The zero-order chi connectivity index (χ0) is 56.7. The van der Waals surface area contributed by atoms with E-state index in [9.17, 15) is 65.1 Å². The number of aliphatic hydroxyl groups is 8. The van der Waals surface area contributed by atoms with Gasteiger partial charge in [0.1, 0.15) is 18.0 Å². The SMILES string of the molecule is C[C@H]1/C=C/C=C/C=C/C=C\C=C/C=C/C=C/[C@H](O[C@@H]2OC[C@@H](O)[C@H](N)[C@@H]2O)C[C@@H]2O[C@@](O)(CC[C@H]2C(=O)O)C[C@@H](O)C[C@@H](O)C[C@@H](O)CC(=O)CCCC(O)CC(=O)O[C@@H]1[C@@H](N)C[C@H](C)[C@@H](O)CC(=O)c1ccc(N)cc1. The van der Waals surface area contributed by atoms with Crippen LogP contribution in [0.25, 0.3) is 0 Å². The van der Waals surface area contributed by atoms with Crippen LogP contribution in [0.3, 0.4) is 0 Å². The van der Waals surface area contributed by atoms with E-state index >= 15 is 0 Å². The molecule has 4 rings (SSSR count). The summed E-state index contributed by atoms with van der Waals surface area (Å²) in [6.45, 7) is 3.33. The third-order valence-electron chi connectivity index (χ3n) is 13.9. The number of aliphatic hydroxyl groups excluding tert-OH is 7. The number of aliphatic carboxylic acids is 1. The molecule has 17 atom stereocenters. The number of cyclic esters (lactones) is 1. The van der Waals surface area contributed by atoms with Gasteiger partial charge in [-0.1, -0.05) is 98.9 Å². The quantitative estimate of drug-likeness (QED) is 0.0910. The average molecular weight is 1080 g/mol. The van der Waals surface area contributed by atoms with Gasteiger partial charge in [-0.3, -0.25) is 19.2 Å². The molecule has 15 N–H and O–H groups in total. The zero-order valence-corrected chi connectivity index (χ0v) is 44.1. The van der Waals surface area contributed by atoms with Gasteiger partial charge in [-0.15, -0.1) is 0 Å². The van der Waals surface area contributed by atoms with Gasteiger partial charge < -0.3 is 82.1 Å². The number of carboxylic acid groups (broad SMARTS) is 1. The predicted molar refractivity (Wildman–Crippen MR) is 286 cm³/mol. The fourth-order valence-electron chi connectivity index (χ4n) is 9.46. The van der Waals surface area contributed by atoms with Crippen LogP contribution >= 0.6 is 0 Å². The van der Waals surface area contributed by atoms with E-state index in [1.165, 1.54) is 0 Å². The number of allylic oxidation sites excluding steroid dienone is 12. The molecule has 1 aromatic rings. The first-order valence-corrected chi connectivity index (χ1v) is 26.5. The zero-order valence-electron chi connectivity index (χ0n) is 44.1. The van der Waals surface area contributed by atoms with E-state index in [-0.39, 0.29) is 88.8 Å². The van der Waals surface area contributed by atoms with Gasteiger partial charge in [-0.05, 0) is 68.7 Å². The first-order valence-electron chi connectivity index (χ1n) is 26.5. The van der Waals surface area contributed by atoms with Crippen molar-refractivity contribution in [3.63, 3.8) is 0 Å². The second-order valence-electron chi connectivity index (χ2n) is 20.7. The maximum Gasteiger partial charge on any atom is 0.309 e. The summed E-state index contributed by atoms with van der Waals surface area (Å²) in [7, 11) is 0. The molecule has 20 heteroatoms. The average Bonchev–Trinajstić information content (AvgIpc) is 3.35. The van der Waals surface area contributed by atoms with Crippen molar-refractivity contribution in [1.82, 2.24) is 0 Å². The number of esters is 1. The molecule has 1 aromatic carbocycles. The number of anilines is 1. The largest absolute Gasteiger partial charge is 0.481 e. The summed E-state index contributed by atoms with van der Waals surface area (Å²) >= 11 is 0. The smallest absolute Gasteiger partial charge is 0.309 e. The highest BCUT2D eigenvalue weighted by molar-refractivity contribution is 5.96. The minimum Gasteiger partial charge on any atom is -0.481 e. The number of hydrogen-bond donors (Lipinski definition) is 12. The summed E-state index contributed by atoms with van der Waals surface area (Å²) in [5.41, 5.74) is 19.3. The number of benzene rings is 1. The molecule has 2 bridgehead atoms. The number of ether oxygens (including phenoxy) is 4. The van der Waals surface area contributed by atoms with Crippen molar-refractivity contribution >= 4 is 29.2 Å². The van der Waals surface area contributed by atoms with Gasteiger partial charge in [0.05, 0.1) is 73.8 Å². The summed E-state index contributed by atoms with van der Waals surface area (Å²) in [5, 5.41) is 96.9. The molecule has 2 fully saturated rings. The van der Waals surface area contributed by atoms with Crippen LogP contribution < -0.4 is 17.2 Å². The Hall–Kier alpha value is -5.04. The molecule has 3 aliphatic heterocycles. The summed E-state index contributed by atoms with van der Waals surface area (Å²) in [4.78, 5) is 51.5. The molecule has 3 aliphatic rings. The van der Waals surface area contributed by atoms with Crippen LogP contribution in [-0.2, 0) is 33.3 Å². The molecular weight excluding hydrogens is 999 g/mol. The van der Waals surface area contributed by atoms with Gasteiger partial charge in [0.15, 0.2) is 17.9 Å². The van der Waals surface area contributed by atoms with Gasteiger partial charge in [-0.2, -0.15) is 0 Å². The molecule has 20 nitrogen and oxygen atoms in total. The van der Waals surface area contributed by atoms with E-state index in [2.05, 4.69) is 0 Å². The third-order valence-corrected chi connectivity index (χ3v) is 13.9. The van der Waals surface area contributed by atoms with Crippen LogP contribution in [-0.4, -0.2) is 161 Å². The van der Waals surface area contributed by atoms with Crippen LogP contribution in [0.15, 0.2) is 109 Å². The Bertz CT molecular complexity index is 2210. The highest BCUT2D eigenvalue weighted by atomic mass is 16.7. The number of rotatable bonds is 10. The fourth-order valence-corrected chi connectivity index (χ4v) is 9.46. The van der Waals surface area contributed by atoms with Crippen LogP contribution in [0.5, 0.6) is 0 Å². The van der Waals surface area contributed by atoms with E-state index in [1.54, 1.807) is 116 Å². The highest BCUT2D eigenvalue weighted by Crippen LogP contribution is 2.38. The van der Waals surface area contributed by atoms with Gasteiger partial charge in [-0.25, -0.2) is 0 Å². The summed E-state index contributed by atoms with van der Waals surface area (Å²) in [5.74, 6) is -6.64. The molecule has 0 amide bonds. The number of nitrogens with two attached hydrogens (primary N) is 3. The van der Waals surface area contributed by atoms with E-state index in [4.69, 9.17) is 36.1 Å². The van der Waals surface area contributed by atoms with Gasteiger partial charge >= 0.3 is 11.9 Å². The number of carbonyl (C=O) groups is 4. The number of nitrogen functional groups attached to an aromatic ring is 1. The topological polar surface area (TPSA) is 365 Å². The lowest BCUT2D eigenvalue weighted by Crippen LogP contribution is -2.58. The molecule has 0 radical (unpaired) electrons. The second kappa shape index (κ2) is 32.8. The predicted octanol–water partition coefficient (Wildman–Crippen LogP) is 2.89. The number of fused-ring (bicyclic) bond motifs is 2. The monoisotopic (exact) mass is 1080 g/mol. The van der Waals surface area contributed by atoms with Crippen LogP contribution in [0.2, 0.25) is 0 Å². The summed E-state index contributed by atoms with van der Waals surface area (Å²) < 4.78 is 23.5. The van der Waals surface area contributed by atoms with Crippen LogP contribution in [0.1, 0.15) is 108 Å². The lowest BCUT2D eigenvalue weighted by molar-refractivity contribution is -0.289. The number of Topliss-reactive ketones (excluding diaryl/α,β-unsaturated/α-hetero) is 2. The van der Waals surface area contributed by atoms with Crippen molar-refractivity contribution in [2.24, 2.45) is 29.2 Å². The van der Waals surface area contributed by atoms with E-state index in [0.29, 0.717) is 11.3 Å². The maximum absolute atomic E-state index is 13.3. The first-order chi connectivity index (χ1) is 36.5. The molecule has 0 spiro atoms. The van der Waals surface area contributed by atoms with E-state index < -0.39 is 128 Å². The van der Waals surface area contributed by atoms with Crippen molar-refractivity contribution in [2.45, 2.75) is 183 Å². The Morgan fingerprint density at radius 2 is 1.40 bits per heavy atom. The van der Waals surface area contributed by atoms with Gasteiger partial charge in [0.25, 0.3) is 0 Å². The molecule has 0 aliphatic carbocycles. The van der Waals surface area contributed by atoms with Crippen molar-refractivity contribution in [3.05, 3.63) is 115 Å². The Labute approximate surface area is 450 Å². The fraction of sp³-hybridized carbons (Fsp3) is 0.579. The van der Waals surface area contributed by atoms with E-state index in [0.717, 1.165) is 0 Å². The van der Waals surface area contributed by atoms with Crippen LogP contribution in [0.4, 0.5) is 5.69 Å². The highest BCUT2D eigenvalue weighted by Gasteiger charge is 2.46. The molecule has 0 saturated carbocycles. The molecule has 1 unspecified atom stereocenters. The number of ketones is 2.